The Balaban J connectivity index is 2.17. The van der Waals surface area contributed by atoms with Gasteiger partial charge in [-0.1, -0.05) is 30.1 Å². The van der Waals surface area contributed by atoms with Gasteiger partial charge < -0.3 is 5.73 Å². The second kappa shape index (κ2) is 7.25. The minimum absolute atomic E-state index is 0.0881. The van der Waals surface area contributed by atoms with E-state index in [2.05, 4.69) is 31.0 Å². The van der Waals surface area contributed by atoms with Gasteiger partial charge in [0, 0.05) is 22.3 Å². The number of rotatable bonds is 6. The van der Waals surface area contributed by atoms with Gasteiger partial charge in [0.2, 0.25) is 0 Å². The maximum Gasteiger partial charge on any atom is 0.0931 e. The first-order valence-corrected chi connectivity index (χ1v) is 8.85. The third-order valence-electron chi connectivity index (χ3n) is 3.27. The van der Waals surface area contributed by atoms with Crippen LogP contribution in [0.5, 0.6) is 0 Å². The number of likely N-dealkylation sites (N-methyl/N-ethyl adjacent to an activating group) is 1. The Bertz CT molecular complexity index is 553. The summed E-state index contributed by atoms with van der Waals surface area (Å²) in [7, 11) is 2.10. The van der Waals surface area contributed by atoms with Gasteiger partial charge in [0.15, 0.2) is 0 Å². The summed E-state index contributed by atoms with van der Waals surface area (Å²) in [6, 6.07) is 8.28. The largest absolute Gasteiger partial charge is 0.326 e. The highest BCUT2D eigenvalue weighted by Crippen LogP contribution is 2.34. The molecular formula is C14H18Cl2N2S2. The predicted octanol–water partition coefficient (Wildman–Crippen LogP) is 5.03. The molecule has 0 saturated heterocycles. The van der Waals surface area contributed by atoms with Crippen molar-refractivity contribution in [2.75, 3.05) is 7.05 Å². The quantitative estimate of drug-likeness (QED) is 0.793. The van der Waals surface area contributed by atoms with Crippen molar-refractivity contribution in [2.45, 2.75) is 32.0 Å². The topological polar surface area (TPSA) is 29.3 Å². The zero-order valence-corrected chi connectivity index (χ0v) is 14.6. The Labute approximate surface area is 138 Å². The highest BCUT2D eigenvalue weighted by molar-refractivity contribution is 7.16. The van der Waals surface area contributed by atoms with Gasteiger partial charge in [-0.15, -0.1) is 22.7 Å². The van der Waals surface area contributed by atoms with Crippen LogP contribution in [-0.2, 0) is 6.54 Å². The Morgan fingerprint density at radius 1 is 1.15 bits per heavy atom. The number of halogens is 2. The molecule has 0 fully saturated rings. The molecule has 0 aliphatic rings. The molecule has 2 heterocycles. The first-order chi connectivity index (χ1) is 9.51. The Hall–Kier alpha value is -0.100. The van der Waals surface area contributed by atoms with E-state index in [1.54, 1.807) is 22.7 Å². The molecule has 2 rings (SSSR count). The summed E-state index contributed by atoms with van der Waals surface area (Å²) in [6.07, 6.45) is 0.926. The molecule has 0 saturated carbocycles. The lowest BCUT2D eigenvalue weighted by Crippen LogP contribution is -2.37. The fourth-order valence-electron chi connectivity index (χ4n) is 2.25. The number of thiophene rings is 2. The van der Waals surface area contributed by atoms with Gasteiger partial charge in [0.25, 0.3) is 0 Å². The van der Waals surface area contributed by atoms with E-state index in [-0.39, 0.29) is 12.1 Å². The summed E-state index contributed by atoms with van der Waals surface area (Å²) in [6.45, 7) is 2.95. The Morgan fingerprint density at radius 3 is 2.30 bits per heavy atom. The predicted molar refractivity (Wildman–Crippen MR) is 91.1 cm³/mol. The summed E-state index contributed by atoms with van der Waals surface area (Å²) in [5.74, 6) is 0. The third-order valence-corrected chi connectivity index (χ3v) is 5.79. The smallest absolute Gasteiger partial charge is 0.0931 e. The van der Waals surface area contributed by atoms with Gasteiger partial charge in [0.1, 0.15) is 0 Å². The van der Waals surface area contributed by atoms with Gasteiger partial charge in [-0.2, -0.15) is 0 Å². The van der Waals surface area contributed by atoms with Crippen LogP contribution in [0.2, 0.25) is 8.67 Å². The number of hydrogen-bond acceptors (Lipinski definition) is 4. The molecule has 2 N–H and O–H groups in total. The normalized spacial score (nSPS) is 14.7. The SMILES string of the molecule is CCC(N)C(c1ccc(Cl)s1)N(C)Cc1ccc(Cl)s1. The lowest BCUT2D eigenvalue weighted by Gasteiger charge is -2.31. The third kappa shape index (κ3) is 3.97. The standard InChI is InChI=1S/C14H18Cl2N2S2/c1-3-10(17)14(11-5-7-13(16)20-11)18(2)8-9-4-6-12(15)19-9/h4-7,10,14H,3,8,17H2,1-2H3. The van der Waals surface area contributed by atoms with Crippen LogP contribution in [0.4, 0.5) is 0 Å². The van der Waals surface area contributed by atoms with Crippen LogP contribution >= 0.6 is 45.9 Å². The fraction of sp³-hybridized carbons (Fsp3) is 0.429. The fourth-order valence-corrected chi connectivity index (χ4v) is 4.70. The van der Waals surface area contributed by atoms with Crippen molar-refractivity contribution in [3.63, 3.8) is 0 Å². The van der Waals surface area contributed by atoms with E-state index in [9.17, 15) is 0 Å². The number of nitrogens with two attached hydrogens (primary N) is 1. The molecule has 2 unspecified atom stereocenters. The second-order valence-corrected chi connectivity index (χ2v) is 8.33. The minimum atomic E-state index is 0.0881. The molecule has 2 atom stereocenters. The van der Waals surface area contributed by atoms with Crippen LogP contribution in [0.3, 0.4) is 0 Å². The van der Waals surface area contributed by atoms with E-state index in [1.165, 1.54) is 9.75 Å². The van der Waals surface area contributed by atoms with Gasteiger partial charge in [-0.25, -0.2) is 0 Å². The van der Waals surface area contributed by atoms with Crippen LogP contribution in [0.15, 0.2) is 24.3 Å². The van der Waals surface area contributed by atoms with Crippen molar-refractivity contribution in [1.29, 1.82) is 0 Å². The lowest BCUT2D eigenvalue weighted by molar-refractivity contribution is 0.206. The molecule has 0 spiro atoms. The molecule has 0 aliphatic heterocycles. The summed E-state index contributed by atoms with van der Waals surface area (Å²) >= 11 is 15.3. The van der Waals surface area contributed by atoms with Crippen LogP contribution < -0.4 is 5.73 Å². The van der Waals surface area contributed by atoms with Crippen molar-refractivity contribution in [3.05, 3.63) is 42.7 Å². The molecule has 110 valence electrons. The molecule has 0 bridgehead atoms. The average Bonchev–Trinajstić information content (AvgIpc) is 2.99. The zero-order valence-electron chi connectivity index (χ0n) is 11.5. The van der Waals surface area contributed by atoms with E-state index in [0.29, 0.717) is 0 Å². The van der Waals surface area contributed by atoms with E-state index in [0.717, 1.165) is 21.6 Å². The summed E-state index contributed by atoms with van der Waals surface area (Å²) in [5.41, 5.74) is 6.32. The summed E-state index contributed by atoms with van der Waals surface area (Å²) < 4.78 is 1.63. The van der Waals surface area contributed by atoms with Gasteiger partial charge in [-0.3, -0.25) is 4.90 Å². The van der Waals surface area contributed by atoms with E-state index >= 15 is 0 Å². The molecule has 0 aromatic carbocycles. The minimum Gasteiger partial charge on any atom is -0.326 e. The van der Waals surface area contributed by atoms with Crippen LogP contribution in [0.1, 0.15) is 29.1 Å². The van der Waals surface area contributed by atoms with Crippen molar-refractivity contribution in [3.8, 4) is 0 Å². The molecule has 0 aliphatic carbocycles. The zero-order chi connectivity index (χ0) is 14.7. The second-order valence-electron chi connectivity index (χ2n) is 4.78. The highest BCUT2D eigenvalue weighted by atomic mass is 35.5. The molecule has 20 heavy (non-hydrogen) atoms. The molecule has 0 radical (unpaired) electrons. The van der Waals surface area contributed by atoms with Gasteiger partial charge >= 0.3 is 0 Å². The molecule has 2 aromatic heterocycles. The lowest BCUT2D eigenvalue weighted by atomic mass is 10.0. The van der Waals surface area contributed by atoms with E-state index < -0.39 is 0 Å². The Kier molecular flexibility index (Phi) is 5.90. The summed E-state index contributed by atoms with van der Waals surface area (Å²) in [5, 5.41) is 0. The number of nitrogens with zero attached hydrogens (tertiary/aromatic N) is 1. The number of hydrogen-bond donors (Lipinski definition) is 1. The summed E-state index contributed by atoms with van der Waals surface area (Å²) in [4.78, 5) is 4.74. The Morgan fingerprint density at radius 2 is 1.80 bits per heavy atom. The maximum absolute atomic E-state index is 6.32. The van der Waals surface area contributed by atoms with Crippen LogP contribution in [0, 0.1) is 0 Å². The first kappa shape index (κ1) is 16.3. The van der Waals surface area contributed by atoms with E-state index in [4.69, 9.17) is 28.9 Å². The molecular weight excluding hydrogens is 331 g/mol. The highest BCUT2D eigenvalue weighted by Gasteiger charge is 2.25. The van der Waals surface area contributed by atoms with E-state index in [1.807, 2.05) is 12.1 Å². The van der Waals surface area contributed by atoms with Crippen molar-refractivity contribution < 1.29 is 0 Å². The van der Waals surface area contributed by atoms with Crippen molar-refractivity contribution in [2.24, 2.45) is 5.73 Å². The van der Waals surface area contributed by atoms with Gasteiger partial charge in [0.05, 0.1) is 14.7 Å². The molecule has 2 nitrogen and oxygen atoms in total. The van der Waals surface area contributed by atoms with Crippen molar-refractivity contribution in [1.82, 2.24) is 4.90 Å². The molecule has 0 amide bonds. The van der Waals surface area contributed by atoms with Crippen LogP contribution in [-0.4, -0.2) is 18.0 Å². The molecule has 2 aromatic rings. The van der Waals surface area contributed by atoms with Crippen molar-refractivity contribution >= 4 is 45.9 Å². The average molecular weight is 349 g/mol. The molecule has 6 heteroatoms. The first-order valence-electron chi connectivity index (χ1n) is 6.46. The van der Waals surface area contributed by atoms with Gasteiger partial charge in [-0.05, 0) is 37.7 Å². The van der Waals surface area contributed by atoms with Crippen LogP contribution in [0.25, 0.3) is 0 Å². The maximum atomic E-state index is 6.32. The monoisotopic (exact) mass is 348 g/mol.